The number of rotatable bonds is 6. The maximum absolute atomic E-state index is 13.9. The van der Waals surface area contributed by atoms with Gasteiger partial charge in [-0.3, -0.25) is 4.79 Å². The third-order valence-corrected chi connectivity index (χ3v) is 7.89. The van der Waals surface area contributed by atoms with E-state index in [0.29, 0.717) is 23.6 Å². The fraction of sp³-hybridized carbons (Fsp3) is 0.250. The lowest BCUT2D eigenvalue weighted by Crippen LogP contribution is -2.43. The molecule has 2 heterocycles. The third-order valence-electron chi connectivity index (χ3n) is 5.62. The Morgan fingerprint density at radius 1 is 1.21 bits per heavy atom. The Hall–Kier alpha value is -3.01. The molecule has 0 bridgehead atoms. The minimum Gasteiger partial charge on any atom is -0.355 e. The normalized spacial score (nSPS) is 17.2. The van der Waals surface area contributed by atoms with Crippen LogP contribution in [0.5, 0.6) is 0 Å². The van der Waals surface area contributed by atoms with E-state index in [-0.39, 0.29) is 40.9 Å². The number of nitrogens with zero attached hydrogens (tertiary/aromatic N) is 2. The molecule has 0 aliphatic carbocycles. The zero-order valence-electron chi connectivity index (χ0n) is 18.4. The number of carbonyl (C=O) groups is 1. The van der Waals surface area contributed by atoms with Gasteiger partial charge in [0.15, 0.2) is 10.7 Å². The van der Waals surface area contributed by atoms with Gasteiger partial charge in [-0.05, 0) is 62.2 Å². The number of amides is 1. The van der Waals surface area contributed by atoms with E-state index in [4.69, 9.17) is 16.1 Å². The summed E-state index contributed by atoms with van der Waals surface area (Å²) in [5.41, 5.74) is 1.07. The second-order valence-electron chi connectivity index (χ2n) is 8.01. The first kappa shape index (κ1) is 24.1. The summed E-state index contributed by atoms with van der Waals surface area (Å²) in [5, 5.41) is 7.18. The van der Waals surface area contributed by atoms with Crippen LogP contribution in [0.15, 0.2) is 57.9 Å². The maximum atomic E-state index is 13.9. The summed E-state index contributed by atoms with van der Waals surface area (Å²) in [4.78, 5) is 12.7. The minimum atomic E-state index is -4.00. The van der Waals surface area contributed by atoms with Crippen molar-refractivity contribution in [2.45, 2.75) is 24.7 Å². The summed E-state index contributed by atoms with van der Waals surface area (Å²) in [5.74, 6) is -1.21. The maximum Gasteiger partial charge on any atom is 0.248 e. The molecule has 0 spiro atoms. The molecular formula is C24H23ClFN3O4S. The number of halogens is 2. The molecule has 1 unspecified atom stereocenters. The molecule has 4 rings (SSSR count). The molecular weight excluding hydrogens is 481 g/mol. The van der Waals surface area contributed by atoms with Crippen molar-refractivity contribution in [1.82, 2.24) is 9.46 Å². The standard InChI is InChI=1S/C24H23ClFN3O4S/c1-16-23(22(33-28-16)13-8-17-5-2-3-7-21(17)26)34(31,32)29-14-4-6-18(15-29)24(30)27-20-11-9-19(25)10-12-20/h2-3,5,7-13,18H,4,6,14-15H2,1H3,(H,27,30)/b13-8+. The van der Waals surface area contributed by atoms with Gasteiger partial charge in [0, 0.05) is 29.4 Å². The molecule has 3 aromatic rings. The van der Waals surface area contributed by atoms with Crippen LogP contribution in [0, 0.1) is 18.7 Å². The predicted octanol–water partition coefficient (Wildman–Crippen LogP) is 4.99. The summed E-state index contributed by atoms with van der Waals surface area (Å²) in [7, 11) is -4.00. The second kappa shape index (κ2) is 10.1. The van der Waals surface area contributed by atoms with Gasteiger partial charge in [-0.1, -0.05) is 35.0 Å². The lowest BCUT2D eigenvalue weighted by Gasteiger charge is -2.31. The number of anilines is 1. The molecule has 34 heavy (non-hydrogen) atoms. The fourth-order valence-electron chi connectivity index (χ4n) is 3.86. The summed E-state index contributed by atoms with van der Waals surface area (Å²) in [6.07, 6.45) is 3.92. The molecule has 1 aromatic heterocycles. The van der Waals surface area contributed by atoms with Crippen LogP contribution in [0.1, 0.15) is 29.9 Å². The Morgan fingerprint density at radius 3 is 2.68 bits per heavy atom. The SMILES string of the molecule is Cc1noc(/C=C/c2ccccc2F)c1S(=O)(=O)N1CCCC(C(=O)Nc2ccc(Cl)cc2)C1. The van der Waals surface area contributed by atoms with Gasteiger partial charge in [0.2, 0.25) is 15.9 Å². The molecule has 7 nitrogen and oxygen atoms in total. The monoisotopic (exact) mass is 503 g/mol. The van der Waals surface area contributed by atoms with Crippen LogP contribution in [0.4, 0.5) is 10.1 Å². The number of aromatic nitrogens is 1. The van der Waals surface area contributed by atoms with Crippen molar-refractivity contribution in [3.8, 4) is 0 Å². The van der Waals surface area contributed by atoms with Crippen molar-refractivity contribution in [3.05, 3.63) is 76.4 Å². The Bertz CT molecular complexity index is 1320. The number of aryl methyl sites for hydroxylation is 1. The number of hydrogen-bond acceptors (Lipinski definition) is 5. The van der Waals surface area contributed by atoms with Crippen molar-refractivity contribution in [2.24, 2.45) is 5.92 Å². The molecule has 2 aromatic carbocycles. The average Bonchev–Trinajstić information content (AvgIpc) is 3.21. The molecule has 1 saturated heterocycles. The van der Waals surface area contributed by atoms with E-state index in [0.717, 1.165) is 0 Å². The van der Waals surface area contributed by atoms with Gasteiger partial charge in [0.05, 0.1) is 5.92 Å². The van der Waals surface area contributed by atoms with E-state index in [1.165, 1.54) is 29.4 Å². The van der Waals surface area contributed by atoms with E-state index >= 15 is 0 Å². The Morgan fingerprint density at radius 2 is 1.94 bits per heavy atom. The third kappa shape index (κ3) is 5.22. The van der Waals surface area contributed by atoms with E-state index in [2.05, 4.69) is 10.5 Å². The van der Waals surface area contributed by atoms with Crippen LogP contribution in [0.3, 0.4) is 0 Å². The minimum absolute atomic E-state index is 0.00786. The molecule has 0 saturated carbocycles. The van der Waals surface area contributed by atoms with Crippen molar-refractivity contribution in [3.63, 3.8) is 0 Å². The number of nitrogens with one attached hydrogen (secondary N) is 1. The summed E-state index contributed by atoms with van der Waals surface area (Å²) >= 11 is 5.88. The van der Waals surface area contributed by atoms with E-state index < -0.39 is 21.8 Å². The van der Waals surface area contributed by atoms with E-state index in [1.54, 1.807) is 42.5 Å². The predicted molar refractivity (Wildman–Crippen MR) is 128 cm³/mol. The van der Waals surface area contributed by atoms with Gasteiger partial charge in [-0.15, -0.1) is 0 Å². The lowest BCUT2D eigenvalue weighted by atomic mass is 9.99. The molecule has 10 heteroatoms. The van der Waals surface area contributed by atoms with Crippen LogP contribution in [-0.4, -0.2) is 36.9 Å². The fourth-order valence-corrected chi connectivity index (χ4v) is 5.76. The first-order chi connectivity index (χ1) is 16.3. The van der Waals surface area contributed by atoms with Crippen molar-refractivity contribution in [2.75, 3.05) is 18.4 Å². The van der Waals surface area contributed by atoms with Crippen LogP contribution in [0.2, 0.25) is 5.02 Å². The molecule has 1 N–H and O–H groups in total. The molecule has 178 valence electrons. The van der Waals surface area contributed by atoms with Crippen LogP contribution in [0.25, 0.3) is 12.2 Å². The zero-order chi connectivity index (χ0) is 24.3. The molecule has 1 atom stereocenters. The van der Waals surface area contributed by atoms with Crippen LogP contribution >= 0.6 is 11.6 Å². The topological polar surface area (TPSA) is 92.5 Å². The zero-order valence-corrected chi connectivity index (χ0v) is 19.9. The number of benzene rings is 2. The molecule has 1 aliphatic heterocycles. The van der Waals surface area contributed by atoms with Gasteiger partial charge in [0.25, 0.3) is 0 Å². The summed E-state index contributed by atoms with van der Waals surface area (Å²) in [6, 6.07) is 12.8. The highest BCUT2D eigenvalue weighted by Gasteiger charge is 2.37. The Labute approximate surface area is 202 Å². The Balaban J connectivity index is 1.54. The molecule has 1 aliphatic rings. The molecule has 1 amide bonds. The number of piperidine rings is 1. The van der Waals surface area contributed by atoms with Gasteiger partial charge >= 0.3 is 0 Å². The summed E-state index contributed by atoms with van der Waals surface area (Å²) in [6.45, 7) is 1.84. The smallest absolute Gasteiger partial charge is 0.248 e. The lowest BCUT2D eigenvalue weighted by molar-refractivity contribution is -0.120. The van der Waals surface area contributed by atoms with Gasteiger partial charge in [0.1, 0.15) is 11.5 Å². The quantitative estimate of drug-likeness (QED) is 0.512. The van der Waals surface area contributed by atoms with Gasteiger partial charge < -0.3 is 9.84 Å². The van der Waals surface area contributed by atoms with Crippen molar-refractivity contribution >= 4 is 45.4 Å². The highest BCUT2D eigenvalue weighted by Crippen LogP contribution is 2.30. The largest absolute Gasteiger partial charge is 0.355 e. The summed E-state index contributed by atoms with van der Waals surface area (Å²) < 4.78 is 47.5. The number of carbonyl (C=O) groups excluding carboxylic acids is 1. The highest BCUT2D eigenvalue weighted by atomic mass is 35.5. The van der Waals surface area contributed by atoms with E-state index in [9.17, 15) is 17.6 Å². The Kier molecular flexibility index (Phi) is 7.16. The number of hydrogen-bond donors (Lipinski definition) is 1. The first-order valence-corrected chi connectivity index (χ1v) is 12.5. The number of sulfonamides is 1. The highest BCUT2D eigenvalue weighted by molar-refractivity contribution is 7.89. The molecule has 1 fully saturated rings. The van der Waals surface area contributed by atoms with Crippen molar-refractivity contribution < 1.29 is 22.1 Å². The molecule has 0 radical (unpaired) electrons. The van der Waals surface area contributed by atoms with Gasteiger partial charge in [-0.25, -0.2) is 12.8 Å². The van der Waals surface area contributed by atoms with E-state index in [1.807, 2.05) is 0 Å². The first-order valence-electron chi connectivity index (χ1n) is 10.7. The van der Waals surface area contributed by atoms with Crippen LogP contribution < -0.4 is 5.32 Å². The van der Waals surface area contributed by atoms with Crippen molar-refractivity contribution in [1.29, 1.82) is 0 Å². The van der Waals surface area contributed by atoms with Gasteiger partial charge in [-0.2, -0.15) is 4.31 Å². The second-order valence-corrected chi connectivity index (χ2v) is 10.3. The average molecular weight is 504 g/mol. The van der Waals surface area contributed by atoms with Crippen LogP contribution in [-0.2, 0) is 14.8 Å².